The van der Waals surface area contributed by atoms with E-state index < -0.39 is 0 Å². The van der Waals surface area contributed by atoms with Crippen LogP contribution in [0.4, 0.5) is 0 Å². The summed E-state index contributed by atoms with van der Waals surface area (Å²) >= 11 is 6.02. The molecular formula is C22H19ClN2O. The van der Waals surface area contributed by atoms with Gasteiger partial charge < -0.3 is 9.30 Å². The van der Waals surface area contributed by atoms with E-state index in [4.69, 9.17) is 21.3 Å². The van der Waals surface area contributed by atoms with Gasteiger partial charge in [0.1, 0.15) is 5.75 Å². The highest BCUT2D eigenvalue weighted by molar-refractivity contribution is 6.30. The summed E-state index contributed by atoms with van der Waals surface area (Å²) in [7, 11) is 0. The molecule has 0 bridgehead atoms. The summed E-state index contributed by atoms with van der Waals surface area (Å²) in [5.41, 5.74) is 3.24. The Kier molecular flexibility index (Phi) is 4.63. The first kappa shape index (κ1) is 16.7. The molecule has 1 atom stereocenters. The second kappa shape index (κ2) is 7.22. The third-order valence-electron chi connectivity index (χ3n) is 4.36. The molecule has 26 heavy (non-hydrogen) atoms. The first-order valence-corrected chi connectivity index (χ1v) is 9.00. The lowest BCUT2D eigenvalue weighted by Crippen LogP contribution is -2.12. The summed E-state index contributed by atoms with van der Waals surface area (Å²) in [6.45, 7) is 2.75. The molecule has 1 aromatic heterocycles. The van der Waals surface area contributed by atoms with Crippen molar-refractivity contribution in [1.82, 2.24) is 9.55 Å². The van der Waals surface area contributed by atoms with Crippen LogP contribution in [0.1, 0.15) is 24.4 Å². The molecule has 3 aromatic carbocycles. The smallest absolute Gasteiger partial charge is 0.153 e. The lowest BCUT2D eigenvalue weighted by Gasteiger charge is -2.17. The van der Waals surface area contributed by atoms with E-state index in [0.717, 1.165) is 34.2 Å². The fourth-order valence-electron chi connectivity index (χ4n) is 3.10. The predicted octanol–water partition coefficient (Wildman–Crippen LogP) is 5.88. The van der Waals surface area contributed by atoms with Gasteiger partial charge in [-0.25, -0.2) is 4.98 Å². The molecule has 0 radical (unpaired) electrons. The summed E-state index contributed by atoms with van der Waals surface area (Å²) in [6.07, 6.45) is -0.169. The number of nitrogens with zero attached hydrogens (tertiary/aromatic N) is 2. The molecule has 0 fully saturated rings. The maximum absolute atomic E-state index is 6.12. The fraction of sp³-hybridized carbons (Fsp3) is 0.136. The van der Waals surface area contributed by atoms with Crippen molar-refractivity contribution < 1.29 is 4.74 Å². The number of rotatable bonds is 5. The second-order valence-corrected chi connectivity index (χ2v) is 6.68. The number of imidazole rings is 1. The van der Waals surface area contributed by atoms with Crippen LogP contribution in [0.15, 0.2) is 78.9 Å². The molecule has 4 rings (SSSR count). The van der Waals surface area contributed by atoms with Crippen LogP contribution in [0.5, 0.6) is 5.75 Å². The molecule has 1 heterocycles. The van der Waals surface area contributed by atoms with Gasteiger partial charge in [0, 0.05) is 11.6 Å². The summed E-state index contributed by atoms with van der Waals surface area (Å²) in [6, 6.07) is 25.9. The van der Waals surface area contributed by atoms with Crippen LogP contribution < -0.4 is 4.74 Å². The molecule has 0 aliphatic carbocycles. The lowest BCUT2D eigenvalue weighted by molar-refractivity contribution is 0.212. The number of benzene rings is 3. The van der Waals surface area contributed by atoms with Gasteiger partial charge in [-0.15, -0.1) is 0 Å². The molecule has 0 aliphatic heterocycles. The number of ether oxygens (including phenoxy) is 1. The monoisotopic (exact) mass is 362 g/mol. The van der Waals surface area contributed by atoms with Crippen LogP contribution in [0.25, 0.3) is 11.0 Å². The van der Waals surface area contributed by atoms with Crippen LogP contribution in [0, 0.1) is 0 Å². The molecular weight excluding hydrogens is 344 g/mol. The van der Waals surface area contributed by atoms with E-state index in [0.29, 0.717) is 0 Å². The molecule has 1 unspecified atom stereocenters. The highest BCUT2D eigenvalue weighted by Gasteiger charge is 2.18. The van der Waals surface area contributed by atoms with Crippen LogP contribution in [-0.2, 0) is 6.54 Å². The maximum Gasteiger partial charge on any atom is 0.153 e. The Balaban J connectivity index is 1.72. The van der Waals surface area contributed by atoms with Gasteiger partial charge in [0.25, 0.3) is 0 Å². The number of aromatic nitrogens is 2. The van der Waals surface area contributed by atoms with E-state index in [1.807, 2.05) is 79.7 Å². The number of fused-ring (bicyclic) bond motifs is 1. The Morgan fingerprint density at radius 2 is 1.62 bits per heavy atom. The average molecular weight is 363 g/mol. The van der Waals surface area contributed by atoms with Crippen molar-refractivity contribution in [3.05, 3.63) is 95.3 Å². The van der Waals surface area contributed by atoms with E-state index >= 15 is 0 Å². The van der Waals surface area contributed by atoms with E-state index in [1.165, 1.54) is 5.56 Å². The van der Waals surface area contributed by atoms with Crippen molar-refractivity contribution in [3.8, 4) is 5.75 Å². The molecule has 0 saturated heterocycles. The zero-order valence-corrected chi connectivity index (χ0v) is 15.2. The molecule has 0 aliphatic rings. The Hall–Kier alpha value is -2.78. The Morgan fingerprint density at radius 3 is 2.38 bits per heavy atom. The zero-order valence-electron chi connectivity index (χ0n) is 14.5. The average Bonchev–Trinajstić information content (AvgIpc) is 3.03. The van der Waals surface area contributed by atoms with Crippen LogP contribution in [-0.4, -0.2) is 9.55 Å². The topological polar surface area (TPSA) is 27.1 Å². The van der Waals surface area contributed by atoms with Crippen LogP contribution >= 0.6 is 11.6 Å². The van der Waals surface area contributed by atoms with Crippen molar-refractivity contribution in [2.24, 2.45) is 0 Å². The normalized spacial score (nSPS) is 12.2. The SMILES string of the molecule is CC(Oc1ccccc1)c1nc2ccccc2n1Cc1ccc(Cl)cc1. The second-order valence-electron chi connectivity index (χ2n) is 6.24. The Bertz CT molecular complexity index is 1010. The molecule has 0 saturated carbocycles. The van der Waals surface area contributed by atoms with E-state index in [9.17, 15) is 0 Å². The number of hydrogen-bond acceptors (Lipinski definition) is 2. The quantitative estimate of drug-likeness (QED) is 0.443. The minimum absolute atomic E-state index is 0.169. The van der Waals surface area contributed by atoms with Crippen LogP contribution in [0.2, 0.25) is 5.02 Å². The van der Waals surface area contributed by atoms with Crippen molar-refractivity contribution >= 4 is 22.6 Å². The summed E-state index contributed by atoms with van der Waals surface area (Å²) < 4.78 is 8.34. The zero-order chi connectivity index (χ0) is 17.9. The molecule has 0 N–H and O–H groups in total. The minimum Gasteiger partial charge on any atom is -0.483 e. The van der Waals surface area contributed by atoms with E-state index in [2.05, 4.69) is 10.6 Å². The lowest BCUT2D eigenvalue weighted by atomic mass is 10.2. The van der Waals surface area contributed by atoms with Gasteiger partial charge in [0.15, 0.2) is 11.9 Å². The Labute approximate surface area is 157 Å². The molecule has 4 heteroatoms. The molecule has 3 nitrogen and oxygen atoms in total. The first-order chi connectivity index (χ1) is 12.7. The number of hydrogen-bond donors (Lipinski definition) is 0. The van der Waals surface area contributed by atoms with Gasteiger partial charge >= 0.3 is 0 Å². The first-order valence-electron chi connectivity index (χ1n) is 8.62. The molecule has 130 valence electrons. The van der Waals surface area contributed by atoms with Gasteiger partial charge in [-0.05, 0) is 48.9 Å². The summed E-state index contributed by atoms with van der Waals surface area (Å²) in [5.74, 6) is 1.75. The largest absolute Gasteiger partial charge is 0.483 e. The van der Waals surface area contributed by atoms with Gasteiger partial charge in [0.2, 0.25) is 0 Å². The summed E-state index contributed by atoms with van der Waals surface area (Å²) in [5, 5.41) is 0.741. The van der Waals surface area contributed by atoms with Crippen LogP contribution in [0.3, 0.4) is 0 Å². The maximum atomic E-state index is 6.12. The van der Waals surface area contributed by atoms with E-state index in [-0.39, 0.29) is 6.10 Å². The molecule has 0 spiro atoms. The van der Waals surface area contributed by atoms with Crippen molar-refractivity contribution in [3.63, 3.8) is 0 Å². The van der Waals surface area contributed by atoms with Gasteiger partial charge in [0.05, 0.1) is 11.0 Å². The summed E-state index contributed by atoms with van der Waals surface area (Å²) in [4.78, 5) is 4.83. The van der Waals surface area contributed by atoms with E-state index in [1.54, 1.807) is 0 Å². The third-order valence-corrected chi connectivity index (χ3v) is 4.61. The number of para-hydroxylation sites is 3. The fourth-order valence-corrected chi connectivity index (χ4v) is 3.22. The predicted molar refractivity (Wildman–Crippen MR) is 106 cm³/mol. The van der Waals surface area contributed by atoms with Gasteiger partial charge in [-0.2, -0.15) is 0 Å². The van der Waals surface area contributed by atoms with Crippen molar-refractivity contribution in [1.29, 1.82) is 0 Å². The van der Waals surface area contributed by atoms with Crippen molar-refractivity contribution in [2.45, 2.75) is 19.6 Å². The standard InChI is InChI=1S/C22H19ClN2O/c1-16(26-19-7-3-2-4-8-19)22-24-20-9-5-6-10-21(20)25(22)15-17-11-13-18(23)14-12-17/h2-14,16H,15H2,1H3. The highest BCUT2D eigenvalue weighted by atomic mass is 35.5. The molecule has 0 amide bonds. The molecule has 4 aromatic rings. The highest BCUT2D eigenvalue weighted by Crippen LogP contribution is 2.26. The third kappa shape index (κ3) is 3.44. The number of halogens is 1. The Morgan fingerprint density at radius 1 is 0.923 bits per heavy atom. The van der Waals surface area contributed by atoms with Gasteiger partial charge in [-0.3, -0.25) is 0 Å². The van der Waals surface area contributed by atoms with Gasteiger partial charge in [-0.1, -0.05) is 54.1 Å². The minimum atomic E-state index is -0.169. The van der Waals surface area contributed by atoms with Crippen molar-refractivity contribution in [2.75, 3.05) is 0 Å².